The van der Waals surface area contributed by atoms with Crippen LogP contribution in [0.1, 0.15) is 25.1 Å². The van der Waals surface area contributed by atoms with Gasteiger partial charge in [-0.1, -0.05) is 6.07 Å². The first kappa shape index (κ1) is 10.2. The Labute approximate surface area is 80.0 Å². The first-order valence-electron chi connectivity index (χ1n) is 4.71. The molecule has 0 aliphatic heterocycles. The molecule has 0 amide bonds. The number of aromatic nitrogens is 1. The van der Waals surface area contributed by atoms with Crippen molar-refractivity contribution >= 4 is 0 Å². The highest BCUT2D eigenvalue weighted by Gasteiger charge is 1.96. The molecule has 0 saturated heterocycles. The first-order chi connectivity index (χ1) is 6.18. The third-order valence-electron chi connectivity index (χ3n) is 1.78. The highest BCUT2D eigenvalue weighted by Crippen LogP contribution is 2.00. The lowest BCUT2D eigenvalue weighted by molar-refractivity contribution is 0.0809. The summed E-state index contributed by atoms with van der Waals surface area (Å²) in [6.07, 6.45) is 3.11. The second-order valence-corrected chi connectivity index (χ2v) is 3.50. The fourth-order valence-electron chi connectivity index (χ4n) is 1.05. The van der Waals surface area contributed by atoms with E-state index in [1.807, 2.05) is 27.0 Å². The summed E-state index contributed by atoms with van der Waals surface area (Å²) in [6.45, 7) is 6.89. The molecule has 2 nitrogen and oxygen atoms in total. The molecule has 0 unspecified atom stereocenters. The zero-order valence-corrected chi connectivity index (χ0v) is 8.58. The van der Waals surface area contributed by atoms with Crippen molar-refractivity contribution < 1.29 is 4.74 Å². The van der Waals surface area contributed by atoms with Crippen molar-refractivity contribution in [2.45, 2.75) is 33.3 Å². The minimum Gasteiger partial charge on any atom is -0.378 e. The zero-order valence-electron chi connectivity index (χ0n) is 8.58. The summed E-state index contributed by atoms with van der Waals surface area (Å²) in [6, 6.07) is 4.14. The van der Waals surface area contributed by atoms with Gasteiger partial charge in [-0.05, 0) is 32.4 Å². The van der Waals surface area contributed by atoms with Crippen molar-refractivity contribution in [3.05, 3.63) is 29.6 Å². The number of rotatable bonds is 4. The van der Waals surface area contributed by atoms with E-state index in [-0.39, 0.29) is 0 Å². The molecule has 1 rings (SSSR count). The maximum absolute atomic E-state index is 5.44. The molecular weight excluding hydrogens is 162 g/mol. The van der Waals surface area contributed by atoms with Gasteiger partial charge in [0.1, 0.15) is 0 Å². The molecule has 2 heteroatoms. The van der Waals surface area contributed by atoms with Gasteiger partial charge in [-0.3, -0.25) is 4.98 Å². The Bertz CT molecular complexity index is 241. The van der Waals surface area contributed by atoms with Crippen molar-refractivity contribution in [2.75, 3.05) is 6.61 Å². The number of pyridine rings is 1. The number of nitrogens with zero attached hydrogens (tertiary/aromatic N) is 1. The van der Waals surface area contributed by atoms with Crippen LogP contribution in [0.2, 0.25) is 0 Å². The fraction of sp³-hybridized carbons (Fsp3) is 0.545. The van der Waals surface area contributed by atoms with Gasteiger partial charge in [-0.15, -0.1) is 0 Å². The van der Waals surface area contributed by atoms with Crippen LogP contribution in [-0.2, 0) is 11.2 Å². The number of aryl methyl sites for hydroxylation is 1. The van der Waals surface area contributed by atoms with Crippen molar-refractivity contribution in [3.8, 4) is 0 Å². The molecule has 1 heterocycles. The molecular formula is C11H17NO. The van der Waals surface area contributed by atoms with Gasteiger partial charge in [0, 0.05) is 18.3 Å². The van der Waals surface area contributed by atoms with Gasteiger partial charge < -0.3 is 4.74 Å². The predicted molar refractivity (Wildman–Crippen MR) is 53.8 cm³/mol. The molecule has 1 aromatic rings. The van der Waals surface area contributed by atoms with E-state index in [4.69, 9.17) is 4.74 Å². The lowest BCUT2D eigenvalue weighted by atomic mass is 10.2. The summed E-state index contributed by atoms with van der Waals surface area (Å²) in [4.78, 5) is 4.30. The van der Waals surface area contributed by atoms with E-state index < -0.39 is 0 Å². The molecule has 0 N–H and O–H groups in total. The third-order valence-corrected chi connectivity index (χ3v) is 1.78. The molecule has 0 aliphatic rings. The standard InChI is InChI=1S/C11H17NO/c1-9(2)13-7-6-11-5-4-10(3)8-12-11/h4-5,8-9H,6-7H2,1-3H3. The summed E-state index contributed by atoms with van der Waals surface area (Å²) >= 11 is 0. The van der Waals surface area contributed by atoms with Crippen LogP contribution in [0.15, 0.2) is 18.3 Å². The summed E-state index contributed by atoms with van der Waals surface area (Å²) < 4.78 is 5.44. The SMILES string of the molecule is Cc1ccc(CCOC(C)C)nc1. The van der Waals surface area contributed by atoms with E-state index in [0.717, 1.165) is 18.7 Å². The summed E-state index contributed by atoms with van der Waals surface area (Å²) in [5.41, 5.74) is 2.31. The zero-order chi connectivity index (χ0) is 9.68. The Morgan fingerprint density at radius 2 is 2.15 bits per heavy atom. The Morgan fingerprint density at radius 3 is 2.69 bits per heavy atom. The van der Waals surface area contributed by atoms with E-state index in [1.165, 1.54) is 5.56 Å². The molecule has 0 aromatic carbocycles. The van der Waals surface area contributed by atoms with Gasteiger partial charge >= 0.3 is 0 Å². The molecule has 72 valence electrons. The lowest BCUT2D eigenvalue weighted by Crippen LogP contribution is -2.06. The van der Waals surface area contributed by atoms with Gasteiger partial charge in [0.05, 0.1) is 12.7 Å². The van der Waals surface area contributed by atoms with Crippen LogP contribution < -0.4 is 0 Å². The minimum absolute atomic E-state index is 0.311. The molecule has 0 saturated carbocycles. The number of hydrogen-bond acceptors (Lipinski definition) is 2. The van der Waals surface area contributed by atoms with Crippen molar-refractivity contribution in [1.29, 1.82) is 0 Å². The Kier molecular flexibility index (Phi) is 3.90. The number of hydrogen-bond donors (Lipinski definition) is 0. The second kappa shape index (κ2) is 4.97. The van der Waals surface area contributed by atoms with Crippen molar-refractivity contribution in [1.82, 2.24) is 4.98 Å². The van der Waals surface area contributed by atoms with Crippen molar-refractivity contribution in [3.63, 3.8) is 0 Å². The quantitative estimate of drug-likeness (QED) is 0.708. The summed E-state index contributed by atoms with van der Waals surface area (Å²) in [5, 5.41) is 0. The smallest absolute Gasteiger partial charge is 0.0525 e. The Morgan fingerprint density at radius 1 is 1.38 bits per heavy atom. The molecule has 0 spiro atoms. The predicted octanol–water partition coefficient (Wildman–Crippen LogP) is 2.36. The summed E-state index contributed by atoms with van der Waals surface area (Å²) in [7, 11) is 0. The van der Waals surface area contributed by atoms with E-state index in [9.17, 15) is 0 Å². The van der Waals surface area contributed by atoms with E-state index in [0.29, 0.717) is 6.10 Å². The minimum atomic E-state index is 0.311. The van der Waals surface area contributed by atoms with E-state index in [2.05, 4.69) is 17.1 Å². The monoisotopic (exact) mass is 179 g/mol. The normalized spacial score (nSPS) is 10.8. The van der Waals surface area contributed by atoms with Gasteiger partial charge in [0.15, 0.2) is 0 Å². The molecule has 0 bridgehead atoms. The summed E-state index contributed by atoms with van der Waals surface area (Å²) in [5.74, 6) is 0. The van der Waals surface area contributed by atoms with Crippen LogP contribution in [0.25, 0.3) is 0 Å². The van der Waals surface area contributed by atoms with Crippen LogP contribution in [0.3, 0.4) is 0 Å². The van der Waals surface area contributed by atoms with Crippen LogP contribution in [0.4, 0.5) is 0 Å². The van der Waals surface area contributed by atoms with Crippen LogP contribution in [0, 0.1) is 6.92 Å². The second-order valence-electron chi connectivity index (χ2n) is 3.50. The van der Waals surface area contributed by atoms with Crippen LogP contribution >= 0.6 is 0 Å². The van der Waals surface area contributed by atoms with E-state index in [1.54, 1.807) is 0 Å². The highest BCUT2D eigenvalue weighted by molar-refractivity contribution is 5.12. The maximum atomic E-state index is 5.44. The third kappa shape index (κ3) is 4.04. The molecule has 0 atom stereocenters. The lowest BCUT2D eigenvalue weighted by Gasteiger charge is -2.06. The number of ether oxygens (including phenoxy) is 1. The highest BCUT2D eigenvalue weighted by atomic mass is 16.5. The van der Waals surface area contributed by atoms with Gasteiger partial charge in [0.25, 0.3) is 0 Å². The van der Waals surface area contributed by atoms with Crippen LogP contribution in [-0.4, -0.2) is 17.7 Å². The van der Waals surface area contributed by atoms with Crippen molar-refractivity contribution in [2.24, 2.45) is 0 Å². The van der Waals surface area contributed by atoms with Crippen LogP contribution in [0.5, 0.6) is 0 Å². The van der Waals surface area contributed by atoms with Gasteiger partial charge in [0.2, 0.25) is 0 Å². The average molecular weight is 179 g/mol. The Hall–Kier alpha value is -0.890. The topological polar surface area (TPSA) is 22.1 Å². The van der Waals surface area contributed by atoms with Gasteiger partial charge in [-0.25, -0.2) is 0 Å². The largest absolute Gasteiger partial charge is 0.378 e. The average Bonchev–Trinajstić information content (AvgIpc) is 2.08. The molecule has 0 radical (unpaired) electrons. The first-order valence-corrected chi connectivity index (χ1v) is 4.71. The van der Waals surface area contributed by atoms with Gasteiger partial charge in [-0.2, -0.15) is 0 Å². The molecule has 1 aromatic heterocycles. The molecule has 13 heavy (non-hydrogen) atoms. The molecule has 0 fully saturated rings. The molecule has 0 aliphatic carbocycles. The maximum Gasteiger partial charge on any atom is 0.0525 e. The fourth-order valence-corrected chi connectivity index (χ4v) is 1.05. The van der Waals surface area contributed by atoms with E-state index >= 15 is 0 Å². The Balaban J connectivity index is 2.33.